The molecular weight excluding hydrogens is 480 g/mol. The molecule has 0 atom stereocenters. The topological polar surface area (TPSA) is 88.4 Å². The van der Waals surface area contributed by atoms with Crippen LogP contribution in [-0.4, -0.2) is 63.0 Å². The van der Waals surface area contributed by atoms with E-state index in [1.807, 2.05) is 6.07 Å². The molecule has 0 unspecified atom stereocenters. The molecule has 1 aliphatic heterocycles. The summed E-state index contributed by atoms with van der Waals surface area (Å²) in [4.78, 5) is 28.7. The maximum absolute atomic E-state index is 15.2. The highest BCUT2D eigenvalue weighted by molar-refractivity contribution is 5.93. The third-order valence-corrected chi connectivity index (χ3v) is 6.53. The van der Waals surface area contributed by atoms with E-state index >= 15 is 8.78 Å². The van der Waals surface area contributed by atoms with Gasteiger partial charge < -0.3 is 19.9 Å². The fourth-order valence-electron chi connectivity index (χ4n) is 4.56. The molecule has 0 bridgehead atoms. The van der Waals surface area contributed by atoms with Gasteiger partial charge in [-0.1, -0.05) is 6.92 Å². The van der Waals surface area contributed by atoms with E-state index in [1.165, 1.54) is 17.6 Å². The van der Waals surface area contributed by atoms with E-state index in [1.54, 1.807) is 31.3 Å². The SMILES string of the molecule is CCN1CCN(c2ccc(Nc3ncnc(Oc4ccc5c(cc(C)n5C(C)=O)c4F)c3F)nc2)CC1. The molecule has 192 valence electrons. The number of carbonyl (C=O) groups is 1. The van der Waals surface area contributed by atoms with Gasteiger partial charge in [-0.3, -0.25) is 9.36 Å². The Hall–Kier alpha value is -4.12. The molecule has 37 heavy (non-hydrogen) atoms. The Morgan fingerprint density at radius 3 is 2.51 bits per heavy atom. The van der Waals surface area contributed by atoms with Crippen molar-refractivity contribution in [3.05, 3.63) is 60.2 Å². The van der Waals surface area contributed by atoms with Crippen LogP contribution in [0.5, 0.6) is 11.6 Å². The van der Waals surface area contributed by atoms with Gasteiger partial charge in [0.05, 0.1) is 17.4 Å². The zero-order chi connectivity index (χ0) is 26.1. The van der Waals surface area contributed by atoms with Gasteiger partial charge in [0.15, 0.2) is 17.4 Å². The van der Waals surface area contributed by atoms with Gasteiger partial charge >= 0.3 is 0 Å². The summed E-state index contributed by atoms with van der Waals surface area (Å²) in [5.74, 6) is -2.26. The van der Waals surface area contributed by atoms with Gasteiger partial charge in [-0.15, -0.1) is 0 Å². The van der Waals surface area contributed by atoms with E-state index < -0.39 is 17.5 Å². The van der Waals surface area contributed by atoms with Crippen molar-refractivity contribution >= 4 is 34.1 Å². The summed E-state index contributed by atoms with van der Waals surface area (Å²) in [6.07, 6.45) is 2.86. The summed E-state index contributed by atoms with van der Waals surface area (Å²) >= 11 is 0. The number of hydrogen-bond donors (Lipinski definition) is 1. The Morgan fingerprint density at radius 1 is 1.05 bits per heavy atom. The minimum Gasteiger partial charge on any atom is -0.433 e. The van der Waals surface area contributed by atoms with Gasteiger partial charge in [0.25, 0.3) is 5.88 Å². The number of hydrogen-bond acceptors (Lipinski definition) is 8. The summed E-state index contributed by atoms with van der Waals surface area (Å²) in [5.41, 5.74) is 1.98. The molecule has 1 aliphatic rings. The minimum atomic E-state index is -0.888. The maximum Gasteiger partial charge on any atom is 0.261 e. The summed E-state index contributed by atoms with van der Waals surface area (Å²) in [5, 5.41) is 3.03. The zero-order valence-electron chi connectivity index (χ0n) is 20.8. The molecule has 11 heteroatoms. The van der Waals surface area contributed by atoms with Crippen LogP contribution in [-0.2, 0) is 0 Å². The number of pyridine rings is 1. The number of benzene rings is 1. The van der Waals surface area contributed by atoms with E-state index in [-0.39, 0.29) is 22.9 Å². The molecule has 0 aliphatic carbocycles. The van der Waals surface area contributed by atoms with Gasteiger partial charge in [0, 0.05) is 44.2 Å². The van der Waals surface area contributed by atoms with Gasteiger partial charge in [-0.2, -0.15) is 9.37 Å². The fraction of sp³-hybridized carbons (Fsp3) is 0.308. The number of ether oxygens (including phenoxy) is 1. The van der Waals surface area contributed by atoms with Crippen molar-refractivity contribution < 1.29 is 18.3 Å². The Balaban J connectivity index is 1.33. The molecule has 1 fully saturated rings. The predicted octanol–water partition coefficient (Wildman–Crippen LogP) is 4.75. The Bertz CT molecular complexity index is 1450. The Kier molecular flexibility index (Phi) is 6.70. The smallest absolute Gasteiger partial charge is 0.261 e. The lowest BCUT2D eigenvalue weighted by Gasteiger charge is -2.35. The lowest BCUT2D eigenvalue weighted by molar-refractivity contribution is 0.0939. The zero-order valence-corrected chi connectivity index (χ0v) is 20.8. The van der Waals surface area contributed by atoms with Gasteiger partial charge in [0.1, 0.15) is 12.1 Å². The molecule has 3 aromatic heterocycles. The first-order chi connectivity index (χ1) is 17.9. The number of fused-ring (bicyclic) bond motifs is 1. The second-order valence-corrected chi connectivity index (χ2v) is 8.84. The van der Waals surface area contributed by atoms with Crippen molar-refractivity contribution in [2.24, 2.45) is 0 Å². The van der Waals surface area contributed by atoms with Crippen molar-refractivity contribution in [1.29, 1.82) is 0 Å². The lowest BCUT2D eigenvalue weighted by Crippen LogP contribution is -2.46. The summed E-state index contributed by atoms with van der Waals surface area (Å²) < 4.78 is 37.2. The molecule has 4 heterocycles. The second kappa shape index (κ2) is 10.1. The van der Waals surface area contributed by atoms with Crippen LogP contribution in [0.4, 0.5) is 26.1 Å². The molecule has 0 amide bonds. The van der Waals surface area contributed by atoms with Crippen LogP contribution in [0.2, 0.25) is 0 Å². The minimum absolute atomic E-state index is 0.151. The van der Waals surface area contributed by atoms with Crippen molar-refractivity contribution in [3.8, 4) is 11.6 Å². The standard InChI is InChI=1S/C26H27F2N7O2/c1-4-33-9-11-34(12-10-33)18-5-8-22(29-14-18)32-25-24(28)26(31-15-30-25)37-21-7-6-20-19(23(21)27)13-16(2)35(20)17(3)36/h5-8,13-15H,4,9-12H2,1-3H3,(H,29,30,31,32). The maximum atomic E-state index is 15.2. The number of carbonyl (C=O) groups excluding carboxylic acids is 1. The van der Waals surface area contributed by atoms with Crippen molar-refractivity contribution in [3.63, 3.8) is 0 Å². The number of aryl methyl sites for hydroxylation is 1. The van der Waals surface area contributed by atoms with E-state index in [0.29, 0.717) is 17.0 Å². The van der Waals surface area contributed by atoms with Gasteiger partial charge in [0.2, 0.25) is 11.7 Å². The normalized spacial score (nSPS) is 14.2. The first-order valence-corrected chi connectivity index (χ1v) is 12.1. The van der Waals surface area contributed by atoms with Crippen LogP contribution >= 0.6 is 0 Å². The van der Waals surface area contributed by atoms with Crippen LogP contribution < -0.4 is 15.0 Å². The molecule has 0 spiro atoms. The molecule has 0 saturated carbocycles. The number of anilines is 3. The first kappa shape index (κ1) is 24.6. The molecule has 9 nitrogen and oxygen atoms in total. The van der Waals surface area contributed by atoms with Crippen molar-refractivity contribution in [1.82, 2.24) is 24.4 Å². The summed E-state index contributed by atoms with van der Waals surface area (Å²) in [6.45, 7) is 10.1. The highest BCUT2D eigenvalue weighted by Gasteiger charge is 2.20. The van der Waals surface area contributed by atoms with Crippen molar-refractivity contribution in [2.75, 3.05) is 42.9 Å². The first-order valence-electron chi connectivity index (χ1n) is 12.1. The molecule has 1 saturated heterocycles. The number of piperazine rings is 1. The van der Waals surface area contributed by atoms with E-state index in [9.17, 15) is 4.79 Å². The molecular formula is C26H27F2N7O2. The average molecular weight is 508 g/mol. The largest absolute Gasteiger partial charge is 0.433 e. The molecule has 0 radical (unpaired) electrons. The fourth-order valence-corrected chi connectivity index (χ4v) is 4.56. The summed E-state index contributed by atoms with van der Waals surface area (Å²) in [7, 11) is 0. The molecule has 5 rings (SSSR count). The van der Waals surface area contributed by atoms with Crippen LogP contribution in [0.25, 0.3) is 10.9 Å². The van der Waals surface area contributed by atoms with E-state index in [2.05, 4.69) is 37.0 Å². The quantitative estimate of drug-likeness (QED) is 0.400. The Morgan fingerprint density at radius 2 is 1.84 bits per heavy atom. The number of nitrogens with one attached hydrogen (secondary N) is 1. The molecule has 4 aromatic rings. The highest BCUT2D eigenvalue weighted by Crippen LogP contribution is 2.33. The van der Waals surface area contributed by atoms with E-state index in [4.69, 9.17) is 4.74 Å². The summed E-state index contributed by atoms with van der Waals surface area (Å²) in [6, 6.07) is 8.10. The lowest BCUT2D eigenvalue weighted by atomic mass is 10.2. The number of aromatic nitrogens is 4. The number of nitrogens with zero attached hydrogens (tertiary/aromatic N) is 6. The number of likely N-dealkylation sites (N-methyl/N-ethyl adjacent to an activating group) is 1. The van der Waals surface area contributed by atoms with Crippen LogP contribution in [0.15, 0.2) is 42.9 Å². The third-order valence-electron chi connectivity index (χ3n) is 6.53. The van der Waals surface area contributed by atoms with Crippen LogP contribution in [0, 0.1) is 18.6 Å². The predicted molar refractivity (Wildman–Crippen MR) is 137 cm³/mol. The van der Waals surface area contributed by atoms with Gasteiger partial charge in [-0.25, -0.2) is 14.4 Å². The highest BCUT2D eigenvalue weighted by atomic mass is 19.1. The average Bonchev–Trinajstić information content (AvgIpc) is 3.25. The van der Waals surface area contributed by atoms with Crippen LogP contribution in [0.1, 0.15) is 24.3 Å². The van der Waals surface area contributed by atoms with E-state index in [0.717, 1.165) is 44.7 Å². The Labute approximate surface area is 212 Å². The molecule has 1 aromatic carbocycles. The number of halogens is 2. The van der Waals surface area contributed by atoms with Crippen LogP contribution in [0.3, 0.4) is 0 Å². The third kappa shape index (κ3) is 4.82. The molecule has 1 N–H and O–H groups in total. The number of rotatable bonds is 6. The second-order valence-electron chi connectivity index (χ2n) is 8.84. The van der Waals surface area contributed by atoms with Crippen molar-refractivity contribution in [2.45, 2.75) is 20.8 Å². The van der Waals surface area contributed by atoms with Gasteiger partial charge in [-0.05, 0) is 43.8 Å². The monoisotopic (exact) mass is 507 g/mol.